The molecule has 0 spiro atoms. The van der Waals surface area contributed by atoms with Crippen LogP contribution in [0.4, 0.5) is 0 Å². The summed E-state index contributed by atoms with van der Waals surface area (Å²) in [6.45, 7) is 4.91. The lowest BCUT2D eigenvalue weighted by atomic mass is 10.0. The maximum atomic E-state index is 11.8. The van der Waals surface area contributed by atoms with Gasteiger partial charge in [-0.3, -0.25) is 0 Å². The Bertz CT molecular complexity index is 452. The Hall–Kier alpha value is -0.910. The minimum atomic E-state index is -3.40. The van der Waals surface area contributed by atoms with Crippen molar-refractivity contribution in [2.75, 3.05) is 13.1 Å². The zero-order valence-electron chi connectivity index (χ0n) is 11.0. The van der Waals surface area contributed by atoms with Crippen molar-refractivity contribution >= 4 is 10.0 Å². The van der Waals surface area contributed by atoms with E-state index < -0.39 is 10.0 Å². The van der Waals surface area contributed by atoms with Gasteiger partial charge in [0.2, 0.25) is 10.0 Å². The third-order valence-electron chi connectivity index (χ3n) is 2.68. The second-order valence-electron chi connectivity index (χ2n) is 4.76. The number of rotatable bonds is 7. The van der Waals surface area contributed by atoms with Gasteiger partial charge in [0.1, 0.15) is 0 Å². The Morgan fingerprint density at radius 1 is 1.22 bits per heavy atom. The average molecular weight is 270 g/mol. The molecule has 0 aliphatic carbocycles. The van der Waals surface area contributed by atoms with Crippen LogP contribution in [0.25, 0.3) is 0 Å². The monoisotopic (exact) mass is 270 g/mol. The first-order chi connectivity index (χ1) is 8.45. The van der Waals surface area contributed by atoms with Gasteiger partial charge in [0, 0.05) is 13.1 Å². The van der Waals surface area contributed by atoms with E-state index in [1.54, 1.807) is 12.1 Å². The fraction of sp³-hybridized carbons (Fsp3) is 0.538. The van der Waals surface area contributed by atoms with E-state index >= 15 is 0 Å². The van der Waals surface area contributed by atoms with Crippen molar-refractivity contribution in [3.05, 3.63) is 29.8 Å². The smallest absolute Gasteiger partial charge is 0.240 e. The van der Waals surface area contributed by atoms with Gasteiger partial charge in [-0.25, -0.2) is 13.1 Å². The summed E-state index contributed by atoms with van der Waals surface area (Å²) in [5, 5.41) is 0. The first-order valence-corrected chi connectivity index (χ1v) is 7.72. The second kappa shape index (κ2) is 6.87. The van der Waals surface area contributed by atoms with Crippen molar-refractivity contribution in [2.24, 2.45) is 11.7 Å². The topological polar surface area (TPSA) is 72.2 Å². The Morgan fingerprint density at radius 2 is 1.83 bits per heavy atom. The van der Waals surface area contributed by atoms with Gasteiger partial charge >= 0.3 is 0 Å². The number of sulfonamides is 1. The van der Waals surface area contributed by atoms with Crippen molar-refractivity contribution < 1.29 is 8.42 Å². The van der Waals surface area contributed by atoms with E-state index in [1.807, 2.05) is 12.1 Å². The standard InChI is InChI=1S/C13H22N2O2S/c1-11(2)3-4-12-5-7-13(8-6-12)18(16,17)15-10-9-14/h5-8,11,15H,3-4,9-10,14H2,1-2H3. The van der Waals surface area contributed by atoms with E-state index in [-0.39, 0.29) is 6.54 Å². The highest BCUT2D eigenvalue weighted by Gasteiger charge is 2.12. The molecular weight excluding hydrogens is 248 g/mol. The third-order valence-corrected chi connectivity index (χ3v) is 4.16. The fourth-order valence-corrected chi connectivity index (χ4v) is 2.61. The Labute approximate surface area is 110 Å². The Kier molecular flexibility index (Phi) is 5.78. The molecule has 102 valence electrons. The lowest BCUT2D eigenvalue weighted by Crippen LogP contribution is -2.29. The maximum Gasteiger partial charge on any atom is 0.240 e. The SMILES string of the molecule is CC(C)CCc1ccc(S(=O)(=O)NCCN)cc1. The van der Waals surface area contributed by atoms with Crippen molar-refractivity contribution in [3.8, 4) is 0 Å². The summed E-state index contributed by atoms with van der Waals surface area (Å²) in [6.07, 6.45) is 2.09. The van der Waals surface area contributed by atoms with Gasteiger partial charge in [0.05, 0.1) is 4.90 Å². The lowest BCUT2D eigenvalue weighted by Gasteiger charge is -2.07. The molecule has 0 radical (unpaired) electrons. The molecule has 0 bridgehead atoms. The highest BCUT2D eigenvalue weighted by atomic mass is 32.2. The minimum absolute atomic E-state index is 0.261. The molecule has 0 heterocycles. The molecule has 0 saturated carbocycles. The van der Waals surface area contributed by atoms with Crippen LogP contribution in [0.2, 0.25) is 0 Å². The number of nitrogens with two attached hydrogens (primary N) is 1. The highest BCUT2D eigenvalue weighted by molar-refractivity contribution is 7.89. The summed E-state index contributed by atoms with van der Waals surface area (Å²) in [4.78, 5) is 0.296. The predicted octanol–water partition coefficient (Wildman–Crippen LogP) is 1.51. The molecule has 1 aromatic carbocycles. The molecular formula is C13H22N2O2S. The minimum Gasteiger partial charge on any atom is -0.329 e. The molecule has 5 heteroatoms. The van der Waals surface area contributed by atoms with Crippen LogP contribution in [0.5, 0.6) is 0 Å². The van der Waals surface area contributed by atoms with Crippen LogP contribution in [0.1, 0.15) is 25.8 Å². The molecule has 1 aromatic rings. The maximum absolute atomic E-state index is 11.8. The van der Waals surface area contributed by atoms with Gasteiger partial charge in [0.15, 0.2) is 0 Å². The number of benzene rings is 1. The summed E-state index contributed by atoms with van der Waals surface area (Å²) in [6, 6.07) is 7.04. The molecule has 0 unspecified atom stereocenters. The summed E-state index contributed by atoms with van der Waals surface area (Å²) < 4.78 is 26.0. The molecule has 0 aliphatic heterocycles. The van der Waals surface area contributed by atoms with Gasteiger partial charge in [0.25, 0.3) is 0 Å². The second-order valence-corrected chi connectivity index (χ2v) is 6.53. The van der Waals surface area contributed by atoms with E-state index in [4.69, 9.17) is 5.73 Å². The molecule has 0 aliphatic rings. The van der Waals surface area contributed by atoms with Gasteiger partial charge in [-0.05, 0) is 36.5 Å². The highest BCUT2D eigenvalue weighted by Crippen LogP contribution is 2.13. The van der Waals surface area contributed by atoms with Crippen LogP contribution >= 0.6 is 0 Å². The zero-order chi connectivity index (χ0) is 13.6. The number of hydrogen-bond donors (Lipinski definition) is 2. The van der Waals surface area contributed by atoms with Crippen molar-refractivity contribution in [1.82, 2.24) is 4.72 Å². The first kappa shape index (κ1) is 15.1. The normalized spacial score (nSPS) is 12.0. The van der Waals surface area contributed by atoms with Crippen molar-refractivity contribution in [2.45, 2.75) is 31.6 Å². The number of hydrogen-bond acceptors (Lipinski definition) is 3. The third kappa shape index (κ3) is 4.76. The van der Waals surface area contributed by atoms with Crippen LogP contribution < -0.4 is 10.5 Å². The van der Waals surface area contributed by atoms with E-state index in [1.165, 1.54) is 5.56 Å². The van der Waals surface area contributed by atoms with Gasteiger partial charge in [-0.2, -0.15) is 0 Å². The molecule has 0 saturated heterocycles. The molecule has 0 aromatic heterocycles. The Balaban J connectivity index is 2.70. The summed E-state index contributed by atoms with van der Waals surface area (Å²) in [5.74, 6) is 0.652. The van der Waals surface area contributed by atoms with E-state index in [9.17, 15) is 8.42 Å². The number of aryl methyl sites for hydroxylation is 1. The van der Waals surface area contributed by atoms with Crippen LogP contribution in [0.15, 0.2) is 29.2 Å². The van der Waals surface area contributed by atoms with Crippen LogP contribution in [-0.4, -0.2) is 21.5 Å². The predicted molar refractivity (Wildman–Crippen MR) is 73.8 cm³/mol. The quantitative estimate of drug-likeness (QED) is 0.789. The van der Waals surface area contributed by atoms with Gasteiger partial charge in [-0.15, -0.1) is 0 Å². The summed E-state index contributed by atoms with van der Waals surface area (Å²) in [5.41, 5.74) is 6.45. The first-order valence-electron chi connectivity index (χ1n) is 6.24. The molecule has 18 heavy (non-hydrogen) atoms. The largest absolute Gasteiger partial charge is 0.329 e. The fourth-order valence-electron chi connectivity index (χ4n) is 1.57. The van der Waals surface area contributed by atoms with Crippen molar-refractivity contribution in [3.63, 3.8) is 0 Å². The lowest BCUT2D eigenvalue weighted by molar-refractivity contribution is 0.580. The van der Waals surface area contributed by atoms with Gasteiger partial charge < -0.3 is 5.73 Å². The summed E-state index contributed by atoms with van der Waals surface area (Å²) >= 11 is 0. The van der Waals surface area contributed by atoms with E-state index in [0.29, 0.717) is 17.4 Å². The molecule has 1 rings (SSSR count). The average Bonchev–Trinajstić information content (AvgIpc) is 2.34. The van der Waals surface area contributed by atoms with Crippen molar-refractivity contribution in [1.29, 1.82) is 0 Å². The molecule has 3 N–H and O–H groups in total. The molecule has 0 atom stereocenters. The molecule has 4 nitrogen and oxygen atoms in total. The molecule has 0 fully saturated rings. The zero-order valence-corrected chi connectivity index (χ0v) is 11.8. The molecule has 0 amide bonds. The van der Waals surface area contributed by atoms with Gasteiger partial charge in [-0.1, -0.05) is 26.0 Å². The van der Waals surface area contributed by atoms with E-state index in [2.05, 4.69) is 18.6 Å². The van der Waals surface area contributed by atoms with Crippen LogP contribution in [0.3, 0.4) is 0 Å². The Morgan fingerprint density at radius 3 is 2.33 bits per heavy atom. The van der Waals surface area contributed by atoms with E-state index in [0.717, 1.165) is 12.8 Å². The number of nitrogens with one attached hydrogen (secondary N) is 1. The van der Waals surface area contributed by atoms with Crippen LogP contribution in [-0.2, 0) is 16.4 Å². The summed E-state index contributed by atoms with van der Waals surface area (Å²) in [7, 11) is -3.40. The van der Waals surface area contributed by atoms with Crippen LogP contribution in [0, 0.1) is 5.92 Å².